The standard InChI is InChI=1S/C22H23N7O3S/c1-11-8-18(24-12(2)23-11)26-19-10-16(20-21(27-19)28-29-22(20)30)25-15-7-6-14(13-4-5-13)9-17(15)33(3,31)32/h6-10,13H,4-5H2,1-3H3,(H4,23,24,25,26,27,28,29,30). The van der Waals surface area contributed by atoms with Crippen molar-refractivity contribution in [3.05, 3.63) is 57.8 Å². The Bertz CT molecular complexity index is 1530. The van der Waals surface area contributed by atoms with Crippen molar-refractivity contribution in [3.8, 4) is 0 Å². The Morgan fingerprint density at radius 3 is 2.39 bits per heavy atom. The summed E-state index contributed by atoms with van der Waals surface area (Å²) in [5.74, 6) is 2.00. The lowest BCUT2D eigenvalue weighted by atomic mass is 10.1. The van der Waals surface area contributed by atoms with Gasteiger partial charge in [0.1, 0.15) is 22.8 Å². The minimum Gasteiger partial charge on any atom is -0.354 e. The summed E-state index contributed by atoms with van der Waals surface area (Å²) < 4.78 is 25.1. The number of aromatic amines is 2. The molecule has 0 amide bonds. The molecule has 0 unspecified atom stereocenters. The van der Waals surface area contributed by atoms with Crippen LogP contribution in [0, 0.1) is 13.8 Å². The van der Waals surface area contributed by atoms with Crippen LogP contribution in [-0.4, -0.2) is 39.8 Å². The highest BCUT2D eigenvalue weighted by molar-refractivity contribution is 7.90. The molecule has 0 radical (unpaired) electrons. The minimum atomic E-state index is -3.50. The van der Waals surface area contributed by atoms with Gasteiger partial charge in [-0.3, -0.25) is 15.0 Å². The number of hydrogen-bond donors (Lipinski definition) is 4. The highest BCUT2D eigenvalue weighted by Crippen LogP contribution is 2.42. The van der Waals surface area contributed by atoms with Crippen LogP contribution in [0.25, 0.3) is 11.0 Å². The monoisotopic (exact) mass is 465 g/mol. The topological polar surface area (TPSA) is 146 Å². The molecule has 33 heavy (non-hydrogen) atoms. The van der Waals surface area contributed by atoms with Gasteiger partial charge in [0.05, 0.1) is 16.3 Å². The summed E-state index contributed by atoms with van der Waals surface area (Å²) in [5, 5.41) is 11.9. The third-order valence-corrected chi connectivity index (χ3v) is 6.62. The number of nitrogens with one attached hydrogen (secondary N) is 4. The quantitative estimate of drug-likeness (QED) is 0.339. The first kappa shape index (κ1) is 21.1. The van der Waals surface area contributed by atoms with Gasteiger partial charge >= 0.3 is 0 Å². The van der Waals surface area contributed by atoms with Crippen LogP contribution < -0.4 is 16.2 Å². The van der Waals surface area contributed by atoms with E-state index in [4.69, 9.17) is 0 Å². The average Bonchev–Trinajstić information content (AvgIpc) is 3.50. The van der Waals surface area contributed by atoms with Crippen LogP contribution in [0.2, 0.25) is 0 Å². The number of fused-ring (bicyclic) bond motifs is 1. The third kappa shape index (κ3) is 4.31. The summed E-state index contributed by atoms with van der Waals surface area (Å²) in [7, 11) is -3.50. The van der Waals surface area contributed by atoms with E-state index in [1.54, 1.807) is 31.2 Å². The molecule has 1 aliphatic carbocycles. The molecule has 5 rings (SSSR count). The van der Waals surface area contributed by atoms with Crippen LogP contribution in [0.1, 0.15) is 35.8 Å². The van der Waals surface area contributed by atoms with Crippen molar-refractivity contribution in [3.63, 3.8) is 0 Å². The molecule has 1 aromatic carbocycles. The second-order valence-electron chi connectivity index (χ2n) is 8.35. The Morgan fingerprint density at radius 2 is 1.70 bits per heavy atom. The molecule has 170 valence electrons. The summed E-state index contributed by atoms with van der Waals surface area (Å²) in [6.45, 7) is 3.66. The zero-order valence-electron chi connectivity index (χ0n) is 18.4. The van der Waals surface area contributed by atoms with E-state index in [0.29, 0.717) is 45.8 Å². The molecule has 0 saturated heterocycles. The third-order valence-electron chi connectivity index (χ3n) is 5.49. The Hall–Kier alpha value is -3.73. The van der Waals surface area contributed by atoms with E-state index in [1.165, 1.54) is 6.26 Å². The molecule has 3 aromatic heterocycles. The molecule has 1 fully saturated rings. The van der Waals surface area contributed by atoms with Crippen molar-refractivity contribution >= 4 is 43.9 Å². The first-order chi connectivity index (χ1) is 15.7. The molecule has 4 aromatic rings. The van der Waals surface area contributed by atoms with Gasteiger partial charge in [-0.25, -0.2) is 23.4 Å². The van der Waals surface area contributed by atoms with Crippen molar-refractivity contribution in [2.75, 3.05) is 16.9 Å². The molecule has 1 saturated carbocycles. The van der Waals surface area contributed by atoms with Gasteiger partial charge in [-0.1, -0.05) is 6.07 Å². The maximum atomic E-state index is 12.5. The van der Waals surface area contributed by atoms with E-state index in [0.717, 1.165) is 24.1 Å². The van der Waals surface area contributed by atoms with Gasteiger partial charge in [0.15, 0.2) is 15.5 Å². The predicted molar refractivity (Wildman–Crippen MR) is 126 cm³/mol. The first-order valence-electron chi connectivity index (χ1n) is 10.5. The zero-order valence-corrected chi connectivity index (χ0v) is 19.2. The van der Waals surface area contributed by atoms with Gasteiger partial charge in [0.2, 0.25) is 0 Å². The van der Waals surface area contributed by atoms with Gasteiger partial charge in [0, 0.05) is 24.1 Å². The van der Waals surface area contributed by atoms with E-state index < -0.39 is 9.84 Å². The van der Waals surface area contributed by atoms with Crippen LogP contribution >= 0.6 is 0 Å². The normalized spacial score (nSPS) is 13.9. The Kier molecular flexibility index (Phi) is 4.93. The number of anilines is 4. The summed E-state index contributed by atoms with van der Waals surface area (Å²) in [6, 6.07) is 8.84. The molecule has 0 spiro atoms. The summed E-state index contributed by atoms with van der Waals surface area (Å²) >= 11 is 0. The fraction of sp³-hybridized carbons (Fsp3) is 0.273. The molecule has 10 nitrogen and oxygen atoms in total. The maximum absolute atomic E-state index is 12.5. The van der Waals surface area contributed by atoms with Gasteiger partial charge < -0.3 is 10.6 Å². The summed E-state index contributed by atoms with van der Waals surface area (Å²) in [6.07, 6.45) is 3.32. The molecule has 11 heteroatoms. The van der Waals surface area contributed by atoms with Crippen LogP contribution in [0.15, 0.2) is 40.0 Å². The van der Waals surface area contributed by atoms with Crippen LogP contribution in [0.3, 0.4) is 0 Å². The SMILES string of the molecule is Cc1cc(Nc2cc(Nc3ccc(C4CC4)cc3S(C)(=O)=O)c3c(=O)[nH][nH]c3n2)nc(C)n1. The van der Waals surface area contributed by atoms with Crippen molar-refractivity contribution in [2.45, 2.75) is 37.5 Å². The van der Waals surface area contributed by atoms with Crippen molar-refractivity contribution < 1.29 is 8.42 Å². The molecule has 1 aliphatic rings. The van der Waals surface area contributed by atoms with Crippen LogP contribution in [0.5, 0.6) is 0 Å². The van der Waals surface area contributed by atoms with Gasteiger partial charge in [0.25, 0.3) is 5.56 Å². The number of aryl methyl sites for hydroxylation is 2. The molecular formula is C22H23N7O3S. The second-order valence-corrected chi connectivity index (χ2v) is 10.3. The fourth-order valence-corrected chi connectivity index (χ4v) is 4.75. The van der Waals surface area contributed by atoms with E-state index in [9.17, 15) is 13.2 Å². The Morgan fingerprint density at radius 1 is 0.939 bits per heavy atom. The van der Waals surface area contributed by atoms with Gasteiger partial charge in [-0.15, -0.1) is 0 Å². The zero-order chi connectivity index (χ0) is 23.3. The molecule has 4 N–H and O–H groups in total. The van der Waals surface area contributed by atoms with Crippen LogP contribution in [0.4, 0.5) is 23.0 Å². The largest absolute Gasteiger partial charge is 0.354 e. The number of sulfone groups is 1. The van der Waals surface area contributed by atoms with Crippen molar-refractivity contribution in [1.82, 2.24) is 25.1 Å². The predicted octanol–water partition coefficient (Wildman–Crippen LogP) is 3.43. The lowest BCUT2D eigenvalue weighted by Crippen LogP contribution is -2.07. The molecule has 3 heterocycles. The summed E-state index contributed by atoms with van der Waals surface area (Å²) in [5.41, 5.74) is 2.58. The van der Waals surface area contributed by atoms with Crippen LogP contribution in [-0.2, 0) is 9.84 Å². The maximum Gasteiger partial charge on any atom is 0.275 e. The van der Waals surface area contributed by atoms with Gasteiger partial charge in [-0.05, 0) is 50.3 Å². The second kappa shape index (κ2) is 7.69. The van der Waals surface area contributed by atoms with Gasteiger partial charge in [-0.2, -0.15) is 0 Å². The average molecular weight is 466 g/mol. The molecule has 0 bridgehead atoms. The lowest BCUT2D eigenvalue weighted by Gasteiger charge is -2.14. The van der Waals surface area contributed by atoms with E-state index >= 15 is 0 Å². The van der Waals surface area contributed by atoms with Crippen molar-refractivity contribution in [2.24, 2.45) is 0 Å². The lowest BCUT2D eigenvalue weighted by molar-refractivity contribution is 0.602. The highest BCUT2D eigenvalue weighted by Gasteiger charge is 2.26. The Balaban J connectivity index is 1.59. The smallest absolute Gasteiger partial charge is 0.275 e. The van der Waals surface area contributed by atoms with Crippen molar-refractivity contribution in [1.29, 1.82) is 0 Å². The first-order valence-corrected chi connectivity index (χ1v) is 12.4. The van der Waals surface area contributed by atoms with E-state index in [2.05, 4.69) is 35.8 Å². The molecule has 0 aliphatic heterocycles. The minimum absolute atomic E-state index is 0.195. The van der Waals surface area contributed by atoms with E-state index in [-0.39, 0.29) is 10.5 Å². The molecular weight excluding hydrogens is 442 g/mol. The fourth-order valence-electron chi connectivity index (χ4n) is 3.88. The number of benzene rings is 1. The highest BCUT2D eigenvalue weighted by atomic mass is 32.2. The summed E-state index contributed by atoms with van der Waals surface area (Å²) in [4.78, 5) is 25.7. The number of H-pyrrole nitrogens is 2. The van der Waals surface area contributed by atoms with E-state index in [1.807, 2.05) is 13.0 Å². The number of nitrogens with zero attached hydrogens (tertiary/aromatic N) is 3. The Labute approximate surface area is 189 Å². The number of aromatic nitrogens is 5. The number of rotatable bonds is 6. The number of hydrogen-bond acceptors (Lipinski definition) is 8. The molecule has 0 atom stereocenters. The number of pyridine rings is 1.